The van der Waals surface area contributed by atoms with Crippen LogP contribution in [0.1, 0.15) is 70.8 Å². The lowest BCUT2D eigenvalue weighted by Crippen LogP contribution is -2.45. The monoisotopic (exact) mass is 581 g/mol. The second-order valence-electron chi connectivity index (χ2n) is 12.3. The molecule has 2 atom stereocenters. The maximum atomic E-state index is 12.9. The largest absolute Gasteiger partial charge is 0.387 e. The van der Waals surface area contributed by atoms with Crippen LogP contribution in [0.15, 0.2) is 55.3 Å². The van der Waals surface area contributed by atoms with Gasteiger partial charge in [-0.1, -0.05) is 38.3 Å². The number of nitriles is 1. The van der Waals surface area contributed by atoms with Gasteiger partial charge >= 0.3 is 0 Å². The normalized spacial score (nSPS) is 17.9. The van der Waals surface area contributed by atoms with E-state index >= 15 is 0 Å². The van der Waals surface area contributed by atoms with Crippen LogP contribution in [0.25, 0.3) is 5.70 Å². The number of carbonyl (C=O) groups is 1. The number of hydrogen-bond acceptors (Lipinski definition) is 6. The Hall–Kier alpha value is -4.09. The number of nitrogens with two attached hydrogens (primary N) is 1. The molecule has 1 saturated carbocycles. The second-order valence-corrected chi connectivity index (χ2v) is 12.3. The molecule has 4 N–H and O–H groups in total. The topological polar surface area (TPSA) is 112 Å². The summed E-state index contributed by atoms with van der Waals surface area (Å²) < 4.78 is 0. The van der Waals surface area contributed by atoms with Crippen molar-refractivity contribution in [1.82, 2.24) is 20.0 Å². The molecule has 2 aliphatic rings. The average Bonchev–Trinajstić information content (AvgIpc) is 3.83. The Kier molecular flexibility index (Phi) is 9.66. The van der Waals surface area contributed by atoms with Gasteiger partial charge in [-0.05, 0) is 91.1 Å². The zero-order chi connectivity index (χ0) is 31.5. The number of rotatable bonds is 13. The van der Waals surface area contributed by atoms with E-state index in [-0.39, 0.29) is 17.8 Å². The van der Waals surface area contributed by atoms with Crippen molar-refractivity contribution in [2.24, 2.45) is 5.73 Å². The maximum absolute atomic E-state index is 12.9. The van der Waals surface area contributed by atoms with Gasteiger partial charge < -0.3 is 25.8 Å². The molecule has 43 heavy (non-hydrogen) atoms. The molecule has 4 rings (SSSR count). The minimum absolute atomic E-state index is 0.0503. The molecule has 0 radical (unpaired) electrons. The first-order chi connectivity index (χ1) is 20.5. The average molecular weight is 582 g/mol. The van der Waals surface area contributed by atoms with Crippen LogP contribution >= 0.6 is 0 Å². The van der Waals surface area contributed by atoms with Crippen LogP contribution in [-0.2, 0) is 18.3 Å². The van der Waals surface area contributed by atoms with Gasteiger partial charge in [0.15, 0.2) is 0 Å². The lowest BCUT2D eigenvalue weighted by Gasteiger charge is -2.36. The number of nitrogens with zero attached hydrogens (tertiary/aromatic N) is 4. The summed E-state index contributed by atoms with van der Waals surface area (Å²) in [6.45, 7) is 11.8. The van der Waals surface area contributed by atoms with Gasteiger partial charge in [0.25, 0.3) is 5.91 Å². The molecule has 2 aliphatic carbocycles. The van der Waals surface area contributed by atoms with Crippen molar-refractivity contribution >= 4 is 17.4 Å². The van der Waals surface area contributed by atoms with E-state index in [2.05, 4.69) is 47.6 Å². The molecule has 0 aromatic heterocycles. The van der Waals surface area contributed by atoms with Crippen LogP contribution in [0.3, 0.4) is 0 Å². The summed E-state index contributed by atoms with van der Waals surface area (Å²) in [6.07, 6.45) is 5.00. The Morgan fingerprint density at radius 2 is 1.65 bits per heavy atom. The number of fused-ring (bicyclic) bond motifs is 2. The molecule has 2 unspecified atom stereocenters. The first-order valence-electron chi connectivity index (χ1n) is 15.2. The molecule has 2 aromatic carbocycles. The molecule has 8 heteroatoms. The summed E-state index contributed by atoms with van der Waals surface area (Å²) in [5.41, 5.74) is 13.4. The minimum atomic E-state index is -0.873. The fourth-order valence-electron chi connectivity index (χ4n) is 6.41. The minimum Gasteiger partial charge on any atom is -0.387 e. The first-order valence-corrected chi connectivity index (χ1v) is 15.2. The number of carbonyl (C=O) groups excluding carboxylic acids is 1. The van der Waals surface area contributed by atoms with Gasteiger partial charge in [0.2, 0.25) is 0 Å². The van der Waals surface area contributed by atoms with Crippen molar-refractivity contribution in [3.05, 3.63) is 88.6 Å². The van der Waals surface area contributed by atoms with E-state index in [0.29, 0.717) is 31.1 Å². The first kappa shape index (κ1) is 31.8. The summed E-state index contributed by atoms with van der Waals surface area (Å²) in [4.78, 5) is 18.7. The predicted molar refractivity (Wildman–Crippen MR) is 175 cm³/mol. The molecule has 0 heterocycles. The molecular formula is C35H47N7O. The molecule has 0 bridgehead atoms. The molecule has 0 saturated heterocycles. The summed E-state index contributed by atoms with van der Waals surface area (Å²) in [6, 6.07) is 14.9. The van der Waals surface area contributed by atoms with Crippen molar-refractivity contribution in [2.75, 3.05) is 41.3 Å². The number of benzene rings is 2. The SMILES string of the molecule is C=C(c1ccc2c(c1)CCc1cc(C(=O)N(C)C)ccc1C2(CCNCC(=C)N(C(C#N)CC)C1CC1)C(=N)N)N(C)C. The van der Waals surface area contributed by atoms with E-state index in [1.165, 1.54) is 0 Å². The maximum Gasteiger partial charge on any atom is 0.253 e. The Morgan fingerprint density at radius 3 is 2.14 bits per heavy atom. The van der Waals surface area contributed by atoms with Crippen LogP contribution in [0.4, 0.5) is 0 Å². The van der Waals surface area contributed by atoms with E-state index in [1.807, 2.05) is 44.1 Å². The van der Waals surface area contributed by atoms with Crippen LogP contribution in [0, 0.1) is 16.7 Å². The Morgan fingerprint density at radius 1 is 1.07 bits per heavy atom. The third-order valence-corrected chi connectivity index (χ3v) is 8.96. The van der Waals surface area contributed by atoms with Gasteiger partial charge in [0.05, 0.1) is 11.5 Å². The van der Waals surface area contributed by atoms with Crippen molar-refractivity contribution in [3.8, 4) is 6.07 Å². The van der Waals surface area contributed by atoms with Crippen molar-refractivity contribution in [3.63, 3.8) is 0 Å². The molecule has 0 spiro atoms. The van der Waals surface area contributed by atoms with Crippen LogP contribution in [-0.4, -0.2) is 79.8 Å². The summed E-state index contributed by atoms with van der Waals surface area (Å²) >= 11 is 0. The lowest BCUT2D eigenvalue weighted by molar-refractivity contribution is 0.0827. The fraction of sp³-hybridized carbons (Fsp3) is 0.457. The third-order valence-electron chi connectivity index (χ3n) is 8.96. The molecule has 8 nitrogen and oxygen atoms in total. The number of nitrogens with one attached hydrogen (secondary N) is 2. The second kappa shape index (κ2) is 13.0. The van der Waals surface area contributed by atoms with Crippen LogP contribution < -0.4 is 11.1 Å². The predicted octanol–water partition coefficient (Wildman–Crippen LogP) is 4.50. The number of amides is 1. The molecule has 1 fully saturated rings. The van der Waals surface area contributed by atoms with Crippen LogP contribution in [0.2, 0.25) is 0 Å². The van der Waals surface area contributed by atoms with Gasteiger partial charge in [-0.3, -0.25) is 10.2 Å². The zero-order valence-electron chi connectivity index (χ0n) is 26.5. The molecule has 1 amide bonds. The summed E-state index contributed by atoms with van der Waals surface area (Å²) in [5.74, 6) is 0.0317. The summed E-state index contributed by atoms with van der Waals surface area (Å²) in [7, 11) is 7.48. The van der Waals surface area contributed by atoms with Gasteiger partial charge in [-0.25, -0.2) is 0 Å². The lowest BCUT2D eigenvalue weighted by atomic mass is 9.69. The van der Waals surface area contributed by atoms with Gasteiger partial charge in [0, 0.05) is 57.7 Å². The Labute approximate surface area is 257 Å². The van der Waals surface area contributed by atoms with E-state index in [1.54, 1.807) is 19.0 Å². The highest BCUT2D eigenvalue weighted by Crippen LogP contribution is 2.43. The van der Waals surface area contributed by atoms with E-state index < -0.39 is 5.41 Å². The zero-order valence-corrected chi connectivity index (χ0v) is 26.5. The number of hydrogen-bond donors (Lipinski definition) is 3. The molecular weight excluding hydrogens is 534 g/mol. The number of aryl methyl sites for hydroxylation is 2. The van der Waals surface area contributed by atoms with E-state index in [4.69, 9.17) is 11.1 Å². The standard InChI is InChI=1S/C35H47N7O/c1-8-29(21-36)42(30-13-14-30)23(2)22-39-18-17-35(34(37)38)31-15-11-25(24(3)40(4)5)19-26(31)9-10-27-20-28(12-16-32(27)35)33(43)41(6)7/h11-12,15-16,19-20,29-30,39H,2-3,8-10,13-14,17-18,22H2,1,4-7H3,(H3,37,38). The van der Waals surface area contributed by atoms with Crippen molar-refractivity contribution < 1.29 is 4.79 Å². The summed E-state index contributed by atoms with van der Waals surface area (Å²) in [5, 5.41) is 22.3. The Bertz CT molecular complexity index is 1380. The Balaban J connectivity index is 1.71. The quantitative estimate of drug-likeness (QED) is 0.182. The van der Waals surface area contributed by atoms with Crippen LogP contribution in [0.5, 0.6) is 0 Å². The van der Waals surface area contributed by atoms with Crippen molar-refractivity contribution in [2.45, 2.75) is 62.9 Å². The highest BCUT2D eigenvalue weighted by atomic mass is 16.2. The highest BCUT2D eigenvalue weighted by molar-refractivity contribution is 5.97. The number of amidine groups is 1. The van der Waals surface area contributed by atoms with Crippen molar-refractivity contribution in [1.29, 1.82) is 10.7 Å². The van der Waals surface area contributed by atoms with Gasteiger partial charge in [-0.15, -0.1) is 0 Å². The van der Waals surface area contributed by atoms with Gasteiger partial charge in [-0.2, -0.15) is 5.26 Å². The highest BCUT2D eigenvalue weighted by Gasteiger charge is 2.42. The van der Waals surface area contributed by atoms with E-state index in [0.717, 1.165) is 71.3 Å². The molecule has 228 valence electrons. The molecule has 2 aromatic rings. The molecule has 0 aliphatic heterocycles. The smallest absolute Gasteiger partial charge is 0.253 e. The fourth-order valence-corrected chi connectivity index (χ4v) is 6.41. The van der Waals surface area contributed by atoms with Gasteiger partial charge in [0.1, 0.15) is 11.9 Å². The third kappa shape index (κ3) is 6.33. The van der Waals surface area contributed by atoms with E-state index in [9.17, 15) is 10.1 Å².